The van der Waals surface area contributed by atoms with Crippen LogP contribution in [0.4, 0.5) is 29.8 Å². The molecule has 11 heteroatoms. The van der Waals surface area contributed by atoms with Crippen LogP contribution in [-0.4, -0.2) is 34.0 Å². The summed E-state index contributed by atoms with van der Waals surface area (Å²) in [5.74, 6) is 0.287. The van der Waals surface area contributed by atoms with Crippen molar-refractivity contribution in [2.24, 2.45) is 0 Å². The number of amides is 1. The summed E-state index contributed by atoms with van der Waals surface area (Å²) in [7, 11) is 1.38. The summed E-state index contributed by atoms with van der Waals surface area (Å²) in [5.41, 5.74) is 0.236. The van der Waals surface area contributed by atoms with E-state index in [0.717, 1.165) is 11.0 Å². The molecule has 3 aromatic rings. The molecule has 31 heavy (non-hydrogen) atoms. The number of hydrogen-bond acceptors (Lipinski definition) is 7. The van der Waals surface area contributed by atoms with E-state index in [1.165, 1.54) is 25.3 Å². The zero-order valence-corrected chi connectivity index (χ0v) is 18.0. The van der Waals surface area contributed by atoms with Gasteiger partial charge in [-0.15, -0.1) is 11.3 Å². The number of anilines is 3. The number of hydrogen-bond donors (Lipinski definition) is 1. The predicted molar refractivity (Wildman–Crippen MR) is 113 cm³/mol. The molecule has 0 atom stereocenters. The van der Waals surface area contributed by atoms with Gasteiger partial charge in [0.05, 0.1) is 29.2 Å². The lowest BCUT2D eigenvalue weighted by Crippen LogP contribution is -2.24. The Morgan fingerprint density at radius 1 is 1.19 bits per heavy atom. The van der Waals surface area contributed by atoms with Gasteiger partial charge in [-0.3, -0.25) is 9.78 Å². The third-order valence-electron chi connectivity index (χ3n) is 4.13. The van der Waals surface area contributed by atoms with E-state index in [-0.39, 0.29) is 17.6 Å². The second-order valence-electron chi connectivity index (χ2n) is 6.88. The second-order valence-corrected chi connectivity index (χ2v) is 7.73. The molecule has 0 spiro atoms. The molecule has 3 heterocycles. The van der Waals surface area contributed by atoms with Gasteiger partial charge in [-0.1, -0.05) is 0 Å². The van der Waals surface area contributed by atoms with E-state index in [4.69, 9.17) is 4.74 Å². The summed E-state index contributed by atoms with van der Waals surface area (Å²) in [6.45, 7) is 5.09. The summed E-state index contributed by atoms with van der Waals surface area (Å²) in [5, 5.41) is 5.05. The number of ether oxygens (including phenoxy) is 1. The van der Waals surface area contributed by atoms with E-state index in [1.54, 1.807) is 23.7 Å². The van der Waals surface area contributed by atoms with E-state index in [1.807, 2.05) is 13.8 Å². The molecule has 3 rings (SSSR count). The lowest BCUT2D eigenvalue weighted by Gasteiger charge is -2.20. The average Bonchev–Trinajstić information content (AvgIpc) is 3.15. The number of aromatic nitrogens is 3. The lowest BCUT2D eigenvalue weighted by molar-refractivity contribution is -0.137. The quantitative estimate of drug-likeness (QED) is 0.560. The normalized spacial score (nSPS) is 11.5. The predicted octanol–water partition coefficient (Wildman–Crippen LogP) is 5.13. The van der Waals surface area contributed by atoms with Crippen molar-refractivity contribution in [3.63, 3.8) is 0 Å². The van der Waals surface area contributed by atoms with Crippen LogP contribution in [0.15, 0.2) is 36.0 Å². The maximum atomic E-state index is 13.1. The molecule has 164 valence electrons. The number of carbonyl (C=O) groups excluding carboxylic acids is 1. The molecule has 3 aromatic heterocycles. The third-order valence-corrected chi connectivity index (χ3v) is 4.89. The molecule has 1 amide bonds. The highest BCUT2D eigenvalue weighted by Gasteiger charge is 2.32. The molecule has 0 aliphatic rings. The fourth-order valence-electron chi connectivity index (χ4n) is 2.55. The first-order valence-electron chi connectivity index (χ1n) is 9.21. The van der Waals surface area contributed by atoms with Gasteiger partial charge in [0.25, 0.3) is 0 Å². The second kappa shape index (κ2) is 8.88. The number of nitrogens with one attached hydrogen (secondary N) is 1. The van der Waals surface area contributed by atoms with Crippen LogP contribution in [0.3, 0.4) is 0 Å². The Morgan fingerprint density at radius 2 is 1.94 bits per heavy atom. The number of rotatable bonds is 6. The van der Waals surface area contributed by atoms with E-state index in [2.05, 4.69) is 20.3 Å². The molecule has 0 radical (unpaired) electrons. The van der Waals surface area contributed by atoms with Gasteiger partial charge in [0, 0.05) is 25.5 Å². The minimum absolute atomic E-state index is 0.00705. The smallest absolute Gasteiger partial charge is 0.417 e. The first kappa shape index (κ1) is 22.5. The molecular formula is C20H20F3N5O2S. The third kappa shape index (κ3) is 5.48. The molecule has 1 N–H and O–H groups in total. The Kier molecular flexibility index (Phi) is 6.44. The first-order valence-corrected chi connectivity index (χ1v) is 10.1. The molecule has 0 fully saturated rings. The number of halogens is 3. The van der Waals surface area contributed by atoms with Crippen LogP contribution in [0.25, 0.3) is 11.4 Å². The topological polar surface area (TPSA) is 80.2 Å². The highest BCUT2D eigenvalue weighted by molar-refractivity contribution is 7.14. The summed E-state index contributed by atoms with van der Waals surface area (Å²) >= 11 is 1.23. The summed E-state index contributed by atoms with van der Waals surface area (Å²) in [6.07, 6.45) is -2.24. The van der Waals surface area contributed by atoms with E-state index in [9.17, 15) is 18.0 Å². The van der Waals surface area contributed by atoms with Crippen molar-refractivity contribution < 1.29 is 22.7 Å². The maximum Gasteiger partial charge on any atom is 0.417 e. The highest BCUT2D eigenvalue weighted by atomic mass is 32.1. The maximum absolute atomic E-state index is 13.1. The largest absolute Gasteiger partial charge is 0.489 e. The van der Waals surface area contributed by atoms with Crippen molar-refractivity contribution >= 4 is 33.9 Å². The molecule has 0 aromatic carbocycles. The standard InChI is InChI=1S/C20H20F3N5O2S/c1-11(2)30-14-5-6-15(24-9-14)16-10-31-19(26-16)27-18-17(28(4)12(3)29)7-13(8-25-18)20(21,22)23/h5-11H,1-4H3,(H,25,26,27). The van der Waals surface area contributed by atoms with Crippen molar-refractivity contribution in [3.8, 4) is 17.1 Å². The summed E-state index contributed by atoms with van der Waals surface area (Å²) in [4.78, 5) is 25.5. The Hall–Kier alpha value is -3.21. The van der Waals surface area contributed by atoms with Crippen molar-refractivity contribution in [2.75, 3.05) is 17.3 Å². The molecule has 0 saturated carbocycles. The Balaban J connectivity index is 1.86. The van der Waals surface area contributed by atoms with E-state index in [0.29, 0.717) is 28.5 Å². The molecule has 0 aliphatic carbocycles. The Labute approximate surface area is 180 Å². The molecule has 0 saturated heterocycles. The van der Waals surface area contributed by atoms with Crippen LogP contribution in [0.2, 0.25) is 0 Å². The van der Waals surface area contributed by atoms with Crippen LogP contribution in [0.5, 0.6) is 5.75 Å². The van der Waals surface area contributed by atoms with Crippen LogP contribution in [0.1, 0.15) is 26.3 Å². The minimum atomic E-state index is -4.58. The van der Waals surface area contributed by atoms with Gasteiger partial charge in [-0.25, -0.2) is 9.97 Å². The van der Waals surface area contributed by atoms with E-state index < -0.39 is 17.6 Å². The highest BCUT2D eigenvalue weighted by Crippen LogP contribution is 2.36. The van der Waals surface area contributed by atoms with Crippen molar-refractivity contribution in [1.29, 1.82) is 0 Å². The molecule has 0 aliphatic heterocycles. The number of alkyl halides is 3. The summed E-state index contributed by atoms with van der Waals surface area (Å²) in [6, 6.07) is 4.42. The zero-order valence-electron chi connectivity index (χ0n) is 17.2. The van der Waals surface area contributed by atoms with E-state index >= 15 is 0 Å². The molecule has 0 bridgehead atoms. The van der Waals surface area contributed by atoms with Crippen LogP contribution < -0.4 is 15.0 Å². The van der Waals surface area contributed by atoms with Crippen LogP contribution in [-0.2, 0) is 11.0 Å². The lowest BCUT2D eigenvalue weighted by atomic mass is 10.2. The van der Waals surface area contributed by atoms with Crippen molar-refractivity contribution in [2.45, 2.75) is 33.1 Å². The summed E-state index contributed by atoms with van der Waals surface area (Å²) < 4.78 is 44.8. The van der Waals surface area contributed by atoms with Gasteiger partial charge in [0.2, 0.25) is 5.91 Å². The number of carbonyl (C=O) groups is 1. The van der Waals surface area contributed by atoms with Crippen molar-refractivity contribution in [3.05, 3.63) is 41.5 Å². The molecule has 7 nitrogen and oxygen atoms in total. The minimum Gasteiger partial charge on any atom is -0.489 e. The van der Waals surface area contributed by atoms with Gasteiger partial charge in [0.15, 0.2) is 10.9 Å². The van der Waals surface area contributed by atoms with Gasteiger partial charge < -0.3 is 15.0 Å². The SMILES string of the molecule is CC(=O)N(C)c1cc(C(F)(F)F)cnc1Nc1nc(-c2ccc(OC(C)C)cn2)cs1. The molecular weight excluding hydrogens is 431 g/mol. The van der Waals surface area contributed by atoms with Crippen LogP contribution in [0, 0.1) is 0 Å². The van der Waals surface area contributed by atoms with Crippen LogP contribution >= 0.6 is 11.3 Å². The number of pyridine rings is 2. The first-order chi connectivity index (χ1) is 14.5. The Morgan fingerprint density at radius 3 is 2.52 bits per heavy atom. The zero-order chi connectivity index (χ0) is 22.8. The average molecular weight is 451 g/mol. The fourth-order valence-corrected chi connectivity index (χ4v) is 3.26. The van der Waals surface area contributed by atoms with Gasteiger partial charge >= 0.3 is 6.18 Å². The van der Waals surface area contributed by atoms with Gasteiger partial charge in [-0.05, 0) is 32.0 Å². The number of thiazole rings is 1. The number of nitrogens with zero attached hydrogens (tertiary/aromatic N) is 4. The monoisotopic (exact) mass is 451 g/mol. The molecule has 0 unspecified atom stereocenters. The Bertz CT molecular complexity index is 1070. The van der Waals surface area contributed by atoms with Gasteiger partial charge in [0.1, 0.15) is 11.4 Å². The fraction of sp³-hybridized carbons (Fsp3) is 0.300. The van der Waals surface area contributed by atoms with Crippen molar-refractivity contribution in [1.82, 2.24) is 15.0 Å². The van der Waals surface area contributed by atoms with Gasteiger partial charge in [-0.2, -0.15) is 13.2 Å².